The van der Waals surface area contributed by atoms with Crippen molar-refractivity contribution in [3.05, 3.63) is 42.2 Å². The Kier molecular flexibility index (Phi) is 3.17. The molecule has 0 saturated carbocycles. The normalized spacial score (nSPS) is 11.0. The lowest BCUT2D eigenvalue weighted by Crippen LogP contribution is -2.08. The van der Waals surface area contributed by atoms with E-state index in [-0.39, 0.29) is 18.1 Å². The van der Waals surface area contributed by atoms with E-state index in [2.05, 4.69) is 0 Å². The zero-order valence-corrected chi connectivity index (χ0v) is 11.8. The summed E-state index contributed by atoms with van der Waals surface area (Å²) in [5.74, 6) is 0.106. The van der Waals surface area contributed by atoms with Crippen LogP contribution in [0.2, 0.25) is 0 Å². The second kappa shape index (κ2) is 5.01. The number of hydrogen-bond donors (Lipinski definition) is 1. The van der Waals surface area contributed by atoms with Crippen molar-refractivity contribution < 1.29 is 19.4 Å². The van der Waals surface area contributed by atoms with Crippen molar-refractivity contribution in [1.82, 2.24) is 4.40 Å². The Hall–Kier alpha value is -2.69. The highest BCUT2D eigenvalue weighted by Crippen LogP contribution is 2.33. The molecule has 108 valence electrons. The molecule has 3 aromatic rings. The van der Waals surface area contributed by atoms with Gasteiger partial charge in [0.1, 0.15) is 11.5 Å². The first-order valence-electron chi connectivity index (χ1n) is 6.64. The Labute approximate surface area is 121 Å². The van der Waals surface area contributed by atoms with Gasteiger partial charge in [-0.15, -0.1) is 0 Å². The Morgan fingerprint density at radius 3 is 2.81 bits per heavy atom. The second-order valence-corrected chi connectivity index (χ2v) is 4.59. The smallest absolute Gasteiger partial charge is 0.359 e. The van der Waals surface area contributed by atoms with Gasteiger partial charge in [-0.25, -0.2) is 4.79 Å². The molecule has 2 aromatic heterocycles. The van der Waals surface area contributed by atoms with Crippen LogP contribution >= 0.6 is 0 Å². The minimum absolute atomic E-state index is 0.0937. The minimum atomic E-state index is -0.544. The molecule has 0 aliphatic rings. The standard InChI is InChI=1S/C16H15NO4/c1-3-21-16(19)15-13(18)9-12-10-5-4-6-14(20-2)11(10)7-8-17(12)15/h4-9,18H,3H2,1-2H3. The summed E-state index contributed by atoms with van der Waals surface area (Å²) in [6.45, 7) is 1.98. The van der Waals surface area contributed by atoms with E-state index < -0.39 is 5.97 Å². The van der Waals surface area contributed by atoms with Crippen LogP contribution in [0.25, 0.3) is 16.3 Å². The van der Waals surface area contributed by atoms with Crippen molar-refractivity contribution in [2.75, 3.05) is 13.7 Å². The zero-order chi connectivity index (χ0) is 15.0. The topological polar surface area (TPSA) is 60.2 Å². The van der Waals surface area contributed by atoms with E-state index >= 15 is 0 Å². The fourth-order valence-corrected chi connectivity index (χ4v) is 2.54. The van der Waals surface area contributed by atoms with E-state index in [1.54, 1.807) is 30.7 Å². The van der Waals surface area contributed by atoms with Gasteiger partial charge in [0.05, 0.1) is 19.2 Å². The summed E-state index contributed by atoms with van der Waals surface area (Å²) in [7, 11) is 1.61. The first-order chi connectivity index (χ1) is 10.2. The van der Waals surface area contributed by atoms with Crippen molar-refractivity contribution in [2.45, 2.75) is 6.92 Å². The van der Waals surface area contributed by atoms with Crippen molar-refractivity contribution in [1.29, 1.82) is 0 Å². The third-order valence-electron chi connectivity index (χ3n) is 3.44. The van der Waals surface area contributed by atoms with E-state index in [9.17, 15) is 9.90 Å². The number of pyridine rings is 1. The van der Waals surface area contributed by atoms with E-state index in [1.807, 2.05) is 24.3 Å². The Morgan fingerprint density at radius 1 is 1.29 bits per heavy atom. The summed E-state index contributed by atoms with van der Waals surface area (Å²) in [6, 6.07) is 9.07. The lowest BCUT2D eigenvalue weighted by Gasteiger charge is -2.08. The molecule has 0 amide bonds. The van der Waals surface area contributed by atoms with Crippen molar-refractivity contribution in [2.24, 2.45) is 0 Å². The van der Waals surface area contributed by atoms with Gasteiger partial charge in [-0.3, -0.25) is 0 Å². The number of fused-ring (bicyclic) bond motifs is 3. The van der Waals surface area contributed by atoms with E-state index in [0.29, 0.717) is 0 Å². The number of ether oxygens (including phenoxy) is 2. The van der Waals surface area contributed by atoms with Gasteiger partial charge in [0, 0.05) is 23.0 Å². The third-order valence-corrected chi connectivity index (χ3v) is 3.44. The summed E-state index contributed by atoms with van der Waals surface area (Å²) in [6.07, 6.45) is 1.73. The van der Waals surface area contributed by atoms with Crippen molar-refractivity contribution in [3.8, 4) is 11.5 Å². The Bertz CT molecular complexity index is 835. The second-order valence-electron chi connectivity index (χ2n) is 4.59. The molecule has 1 N–H and O–H groups in total. The molecular formula is C16H15NO4. The quantitative estimate of drug-likeness (QED) is 0.751. The number of hydrogen-bond acceptors (Lipinski definition) is 4. The summed E-state index contributed by atoms with van der Waals surface area (Å²) in [5.41, 5.74) is 0.864. The molecule has 0 unspecified atom stereocenters. The average molecular weight is 285 g/mol. The van der Waals surface area contributed by atoms with Gasteiger partial charge in [0.15, 0.2) is 5.69 Å². The molecule has 0 aliphatic carbocycles. The summed E-state index contributed by atoms with van der Waals surface area (Å²) in [4.78, 5) is 12.0. The highest BCUT2D eigenvalue weighted by atomic mass is 16.5. The number of aromatic nitrogens is 1. The molecule has 0 aliphatic heterocycles. The molecule has 0 fully saturated rings. The highest BCUT2D eigenvalue weighted by Gasteiger charge is 2.20. The monoisotopic (exact) mass is 285 g/mol. The first kappa shape index (κ1) is 13.3. The predicted molar refractivity (Wildman–Crippen MR) is 79.1 cm³/mol. The SMILES string of the molecule is CCOC(=O)c1c(O)cc2c3cccc(OC)c3ccn12. The van der Waals surface area contributed by atoms with Crippen LogP contribution in [0.5, 0.6) is 11.5 Å². The van der Waals surface area contributed by atoms with Gasteiger partial charge < -0.3 is 19.0 Å². The Morgan fingerprint density at radius 2 is 2.10 bits per heavy atom. The van der Waals surface area contributed by atoms with Crippen LogP contribution in [0.4, 0.5) is 0 Å². The van der Waals surface area contributed by atoms with Gasteiger partial charge in [-0.1, -0.05) is 12.1 Å². The number of carbonyl (C=O) groups excluding carboxylic acids is 1. The molecule has 5 heteroatoms. The van der Waals surface area contributed by atoms with Crippen LogP contribution in [0.1, 0.15) is 17.4 Å². The van der Waals surface area contributed by atoms with Crippen LogP contribution in [0.15, 0.2) is 36.5 Å². The number of rotatable bonds is 3. The summed E-state index contributed by atoms with van der Waals surface area (Å²) in [5, 5.41) is 11.9. The van der Waals surface area contributed by atoms with Gasteiger partial charge in [0.25, 0.3) is 0 Å². The molecule has 0 saturated heterocycles. The fourth-order valence-electron chi connectivity index (χ4n) is 2.54. The molecule has 0 bridgehead atoms. The lowest BCUT2D eigenvalue weighted by atomic mass is 10.1. The zero-order valence-electron chi connectivity index (χ0n) is 11.8. The number of methoxy groups -OCH3 is 1. The molecule has 5 nitrogen and oxygen atoms in total. The summed E-state index contributed by atoms with van der Waals surface area (Å²) < 4.78 is 12.0. The number of benzene rings is 1. The predicted octanol–water partition coefficient (Wildman–Crippen LogP) is 2.98. The van der Waals surface area contributed by atoms with E-state index in [0.717, 1.165) is 22.0 Å². The third kappa shape index (κ3) is 1.98. The maximum atomic E-state index is 12.0. The average Bonchev–Trinajstić information content (AvgIpc) is 2.83. The molecule has 3 rings (SSSR count). The van der Waals surface area contributed by atoms with Crippen molar-refractivity contribution >= 4 is 22.3 Å². The van der Waals surface area contributed by atoms with E-state index in [4.69, 9.17) is 9.47 Å². The molecule has 0 spiro atoms. The van der Waals surface area contributed by atoms with Gasteiger partial charge in [-0.2, -0.15) is 0 Å². The highest BCUT2D eigenvalue weighted by molar-refractivity contribution is 6.03. The maximum Gasteiger partial charge on any atom is 0.359 e. The Balaban J connectivity index is 2.33. The number of nitrogens with zero attached hydrogens (tertiary/aromatic N) is 1. The van der Waals surface area contributed by atoms with Crippen LogP contribution < -0.4 is 4.74 Å². The van der Waals surface area contributed by atoms with Crippen LogP contribution in [-0.4, -0.2) is 29.2 Å². The summed E-state index contributed by atoms with van der Waals surface area (Å²) >= 11 is 0. The molecule has 21 heavy (non-hydrogen) atoms. The minimum Gasteiger partial charge on any atom is -0.505 e. The van der Waals surface area contributed by atoms with Crippen LogP contribution in [0, 0.1) is 0 Å². The maximum absolute atomic E-state index is 12.0. The largest absolute Gasteiger partial charge is 0.505 e. The van der Waals surface area contributed by atoms with Gasteiger partial charge >= 0.3 is 5.97 Å². The molecule has 1 aromatic carbocycles. The van der Waals surface area contributed by atoms with Crippen LogP contribution in [0.3, 0.4) is 0 Å². The van der Waals surface area contributed by atoms with Gasteiger partial charge in [-0.05, 0) is 19.1 Å². The molecule has 0 atom stereocenters. The fraction of sp³-hybridized carbons (Fsp3) is 0.188. The van der Waals surface area contributed by atoms with Gasteiger partial charge in [0.2, 0.25) is 0 Å². The number of aromatic hydroxyl groups is 1. The molecule has 2 heterocycles. The lowest BCUT2D eigenvalue weighted by molar-refractivity contribution is 0.0515. The first-order valence-corrected chi connectivity index (χ1v) is 6.64. The van der Waals surface area contributed by atoms with E-state index in [1.165, 1.54) is 0 Å². The van der Waals surface area contributed by atoms with Crippen LogP contribution in [-0.2, 0) is 4.74 Å². The number of carbonyl (C=O) groups is 1. The number of esters is 1. The van der Waals surface area contributed by atoms with Crippen molar-refractivity contribution in [3.63, 3.8) is 0 Å². The molecular weight excluding hydrogens is 270 g/mol. The molecule has 0 radical (unpaired) electrons.